The molecule has 1 aromatic heterocycles. The number of ether oxygens (including phenoxy) is 1. The number of aromatic nitrogens is 1. The summed E-state index contributed by atoms with van der Waals surface area (Å²) in [6.45, 7) is 13.5. The van der Waals surface area contributed by atoms with Crippen LogP contribution in [0.5, 0.6) is 0 Å². The maximum Gasteiger partial charge on any atom is 0.106 e. The highest BCUT2D eigenvalue weighted by Crippen LogP contribution is 2.32. The van der Waals surface area contributed by atoms with Crippen LogP contribution in [0.15, 0.2) is 16.7 Å². The second-order valence-corrected chi connectivity index (χ2v) is 7.39. The fourth-order valence-electron chi connectivity index (χ4n) is 2.85. The zero-order chi connectivity index (χ0) is 14.3. The van der Waals surface area contributed by atoms with Crippen molar-refractivity contribution in [1.82, 2.24) is 9.88 Å². The first-order valence-corrected chi connectivity index (χ1v) is 7.49. The maximum atomic E-state index is 5.75. The molecule has 0 spiro atoms. The average Bonchev–Trinajstić information content (AvgIpc) is 2.25. The standard InChI is InChI=1S/C15H23BrN2O/c1-11-12(6-7-13(16)17-11)8-18-14(2,3)9-19-10-15(18,4)5/h6-7H,8-10H2,1-5H3. The van der Waals surface area contributed by atoms with Crippen LogP contribution >= 0.6 is 15.9 Å². The van der Waals surface area contributed by atoms with E-state index in [0.717, 1.165) is 30.1 Å². The molecule has 19 heavy (non-hydrogen) atoms. The normalized spacial score (nSPS) is 22.4. The van der Waals surface area contributed by atoms with Gasteiger partial charge in [0.1, 0.15) is 4.60 Å². The van der Waals surface area contributed by atoms with Gasteiger partial charge in [-0.2, -0.15) is 0 Å². The lowest BCUT2D eigenvalue weighted by Gasteiger charge is -2.52. The molecule has 0 radical (unpaired) electrons. The molecule has 0 unspecified atom stereocenters. The van der Waals surface area contributed by atoms with Crippen molar-refractivity contribution in [3.8, 4) is 0 Å². The van der Waals surface area contributed by atoms with E-state index in [1.807, 2.05) is 6.07 Å². The highest BCUT2D eigenvalue weighted by Gasteiger charge is 2.42. The van der Waals surface area contributed by atoms with Crippen LogP contribution in [0, 0.1) is 6.92 Å². The van der Waals surface area contributed by atoms with Gasteiger partial charge in [-0.3, -0.25) is 4.90 Å². The lowest BCUT2D eigenvalue weighted by atomic mass is 9.90. The Labute approximate surface area is 124 Å². The first-order valence-electron chi connectivity index (χ1n) is 6.70. The van der Waals surface area contributed by atoms with E-state index in [-0.39, 0.29) is 11.1 Å². The SMILES string of the molecule is Cc1nc(Br)ccc1CN1C(C)(C)COCC1(C)C. The van der Waals surface area contributed by atoms with E-state index in [9.17, 15) is 0 Å². The largest absolute Gasteiger partial charge is 0.378 e. The molecule has 1 fully saturated rings. The van der Waals surface area contributed by atoms with Crippen molar-refractivity contribution < 1.29 is 4.74 Å². The summed E-state index contributed by atoms with van der Waals surface area (Å²) >= 11 is 3.42. The van der Waals surface area contributed by atoms with Gasteiger partial charge in [-0.15, -0.1) is 0 Å². The first kappa shape index (κ1) is 14.9. The molecule has 4 heteroatoms. The van der Waals surface area contributed by atoms with Crippen molar-refractivity contribution in [3.63, 3.8) is 0 Å². The lowest BCUT2D eigenvalue weighted by molar-refractivity contribution is -0.131. The van der Waals surface area contributed by atoms with Gasteiger partial charge in [0.2, 0.25) is 0 Å². The molecule has 1 aliphatic heterocycles. The van der Waals surface area contributed by atoms with Crippen molar-refractivity contribution in [1.29, 1.82) is 0 Å². The van der Waals surface area contributed by atoms with E-state index < -0.39 is 0 Å². The molecular weight excluding hydrogens is 304 g/mol. The Morgan fingerprint density at radius 1 is 1.21 bits per heavy atom. The molecule has 0 aliphatic carbocycles. The van der Waals surface area contributed by atoms with Crippen LogP contribution in [0.4, 0.5) is 0 Å². The summed E-state index contributed by atoms with van der Waals surface area (Å²) in [5.41, 5.74) is 2.46. The minimum Gasteiger partial charge on any atom is -0.378 e. The van der Waals surface area contributed by atoms with E-state index >= 15 is 0 Å². The Bertz CT molecular complexity index is 455. The van der Waals surface area contributed by atoms with Crippen molar-refractivity contribution in [2.75, 3.05) is 13.2 Å². The molecule has 1 saturated heterocycles. The van der Waals surface area contributed by atoms with Crippen LogP contribution in [0.3, 0.4) is 0 Å². The summed E-state index contributed by atoms with van der Waals surface area (Å²) < 4.78 is 6.65. The zero-order valence-electron chi connectivity index (χ0n) is 12.5. The van der Waals surface area contributed by atoms with Gasteiger partial charge in [0.05, 0.1) is 13.2 Å². The number of hydrogen-bond acceptors (Lipinski definition) is 3. The summed E-state index contributed by atoms with van der Waals surface area (Å²) in [7, 11) is 0. The van der Waals surface area contributed by atoms with Crippen LogP contribution in [-0.2, 0) is 11.3 Å². The van der Waals surface area contributed by atoms with Crippen LogP contribution in [0.1, 0.15) is 39.0 Å². The molecule has 2 heterocycles. The highest BCUT2D eigenvalue weighted by atomic mass is 79.9. The molecule has 0 N–H and O–H groups in total. The van der Waals surface area contributed by atoms with Gasteiger partial charge in [0, 0.05) is 23.3 Å². The van der Waals surface area contributed by atoms with Gasteiger partial charge in [-0.05, 0) is 62.2 Å². The first-order chi connectivity index (χ1) is 8.72. The Hall–Kier alpha value is -0.450. The third kappa shape index (κ3) is 3.18. The molecule has 0 bridgehead atoms. The summed E-state index contributed by atoms with van der Waals surface area (Å²) in [4.78, 5) is 7.02. The van der Waals surface area contributed by atoms with Crippen LogP contribution < -0.4 is 0 Å². The second-order valence-electron chi connectivity index (χ2n) is 6.58. The van der Waals surface area contributed by atoms with Crippen LogP contribution in [-0.4, -0.2) is 34.2 Å². The molecule has 0 atom stereocenters. The van der Waals surface area contributed by atoms with Crippen LogP contribution in [0.25, 0.3) is 0 Å². The van der Waals surface area contributed by atoms with Crippen LogP contribution in [0.2, 0.25) is 0 Å². The van der Waals surface area contributed by atoms with E-state index in [1.165, 1.54) is 5.56 Å². The Morgan fingerprint density at radius 3 is 2.32 bits per heavy atom. The number of rotatable bonds is 2. The topological polar surface area (TPSA) is 25.4 Å². The van der Waals surface area contributed by atoms with Gasteiger partial charge >= 0.3 is 0 Å². The van der Waals surface area contributed by atoms with Crippen molar-refractivity contribution in [3.05, 3.63) is 28.0 Å². The van der Waals surface area contributed by atoms with E-state index in [4.69, 9.17) is 4.74 Å². The summed E-state index contributed by atoms with van der Waals surface area (Å²) in [6, 6.07) is 4.18. The molecular formula is C15H23BrN2O. The molecule has 0 aromatic carbocycles. The zero-order valence-corrected chi connectivity index (χ0v) is 14.0. The molecule has 2 rings (SSSR count). The summed E-state index contributed by atoms with van der Waals surface area (Å²) in [5.74, 6) is 0. The molecule has 1 aromatic rings. The maximum absolute atomic E-state index is 5.75. The number of aryl methyl sites for hydroxylation is 1. The minimum atomic E-state index is 0.0429. The summed E-state index contributed by atoms with van der Waals surface area (Å²) in [6.07, 6.45) is 0. The second kappa shape index (κ2) is 5.15. The third-order valence-electron chi connectivity index (χ3n) is 3.86. The number of nitrogens with zero attached hydrogens (tertiary/aromatic N) is 2. The van der Waals surface area contributed by atoms with Crippen molar-refractivity contribution >= 4 is 15.9 Å². The van der Waals surface area contributed by atoms with Gasteiger partial charge in [0.25, 0.3) is 0 Å². The lowest BCUT2D eigenvalue weighted by Crippen LogP contribution is -2.62. The number of morpholine rings is 1. The Balaban J connectivity index is 2.28. The predicted molar refractivity (Wildman–Crippen MR) is 81.2 cm³/mol. The third-order valence-corrected chi connectivity index (χ3v) is 4.30. The van der Waals surface area contributed by atoms with E-state index in [1.54, 1.807) is 0 Å². The number of pyridine rings is 1. The van der Waals surface area contributed by atoms with Gasteiger partial charge in [-0.1, -0.05) is 6.07 Å². The summed E-state index contributed by atoms with van der Waals surface area (Å²) in [5, 5.41) is 0. The fourth-order valence-corrected chi connectivity index (χ4v) is 3.25. The predicted octanol–water partition coefficient (Wildman–Crippen LogP) is 3.54. The average molecular weight is 327 g/mol. The quantitative estimate of drug-likeness (QED) is 0.777. The molecule has 1 aliphatic rings. The molecule has 0 saturated carbocycles. The van der Waals surface area contributed by atoms with Gasteiger partial charge < -0.3 is 4.74 Å². The van der Waals surface area contributed by atoms with E-state index in [2.05, 4.69) is 66.5 Å². The molecule has 106 valence electrons. The highest BCUT2D eigenvalue weighted by molar-refractivity contribution is 9.10. The van der Waals surface area contributed by atoms with E-state index in [0.29, 0.717) is 0 Å². The Kier molecular flexibility index (Phi) is 4.05. The fraction of sp³-hybridized carbons (Fsp3) is 0.667. The number of halogens is 1. The Morgan fingerprint density at radius 2 is 1.79 bits per heavy atom. The van der Waals surface area contributed by atoms with Crippen molar-refractivity contribution in [2.45, 2.75) is 52.2 Å². The smallest absolute Gasteiger partial charge is 0.106 e. The van der Waals surface area contributed by atoms with Crippen molar-refractivity contribution in [2.24, 2.45) is 0 Å². The molecule has 0 amide bonds. The monoisotopic (exact) mass is 326 g/mol. The number of hydrogen-bond donors (Lipinski definition) is 0. The minimum absolute atomic E-state index is 0.0429. The van der Waals surface area contributed by atoms with Gasteiger partial charge in [-0.25, -0.2) is 4.98 Å². The van der Waals surface area contributed by atoms with Gasteiger partial charge in [0.15, 0.2) is 0 Å². The molecule has 3 nitrogen and oxygen atoms in total.